The number of hydrogen-bond donors (Lipinski definition) is 1. The van der Waals surface area contributed by atoms with Crippen LogP contribution in [0.2, 0.25) is 0 Å². The van der Waals surface area contributed by atoms with Crippen molar-refractivity contribution < 1.29 is 0 Å². The van der Waals surface area contributed by atoms with Crippen LogP contribution in [0, 0.1) is 0 Å². The molecule has 0 aliphatic carbocycles. The average Bonchev–Trinajstić information content (AvgIpc) is 2.97. The molecule has 0 spiro atoms. The lowest BCUT2D eigenvalue weighted by molar-refractivity contribution is 0.552. The lowest BCUT2D eigenvalue weighted by Gasteiger charge is -2.27. The van der Waals surface area contributed by atoms with Crippen LogP contribution in [-0.4, -0.2) is 25.2 Å². The van der Waals surface area contributed by atoms with E-state index in [4.69, 9.17) is 0 Å². The van der Waals surface area contributed by atoms with Crippen molar-refractivity contribution in [1.82, 2.24) is 25.2 Å². The molecule has 3 heterocycles. The predicted octanol–water partition coefficient (Wildman–Crippen LogP) is 1.71. The highest BCUT2D eigenvalue weighted by Gasteiger charge is 2.26. The zero-order valence-electron chi connectivity index (χ0n) is 9.93. The van der Waals surface area contributed by atoms with Gasteiger partial charge in [-0.25, -0.2) is 0 Å². The maximum atomic E-state index is 4.12. The molecule has 1 aromatic carbocycles. The fraction of sp³-hybridized carbons (Fsp3) is 0.0769. The third-order valence-electron chi connectivity index (χ3n) is 3.22. The van der Waals surface area contributed by atoms with Crippen LogP contribution < -0.4 is 5.32 Å². The first-order valence-corrected chi connectivity index (χ1v) is 5.97. The number of benzene rings is 1. The number of anilines is 1. The zero-order chi connectivity index (χ0) is 12.7. The highest BCUT2D eigenvalue weighted by atomic mass is 15.6. The molecule has 1 aliphatic heterocycles. The fourth-order valence-corrected chi connectivity index (χ4v) is 2.33. The van der Waals surface area contributed by atoms with Crippen molar-refractivity contribution in [1.29, 1.82) is 0 Å². The first-order valence-electron chi connectivity index (χ1n) is 5.97. The van der Waals surface area contributed by atoms with E-state index in [0.717, 1.165) is 22.6 Å². The minimum Gasteiger partial charge on any atom is -0.359 e. The topological polar surface area (TPSA) is 68.5 Å². The molecule has 92 valence electrons. The van der Waals surface area contributed by atoms with E-state index < -0.39 is 0 Å². The van der Waals surface area contributed by atoms with Gasteiger partial charge in [-0.3, -0.25) is 4.98 Å². The van der Waals surface area contributed by atoms with Crippen molar-refractivity contribution in [3.05, 3.63) is 54.4 Å². The van der Waals surface area contributed by atoms with E-state index in [0.29, 0.717) is 0 Å². The number of rotatable bonds is 1. The Balaban J connectivity index is 1.91. The van der Waals surface area contributed by atoms with Crippen LogP contribution in [0.15, 0.2) is 48.8 Å². The molecule has 1 N–H and O–H groups in total. The number of para-hydroxylation sites is 1. The summed E-state index contributed by atoms with van der Waals surface area (Å²) < 4.78 is 1.79. The molecule has 4 rings (SSSR count). The van der Waals surface area contributed by atoms with Gasteiger partial charge < -0.3 is 5.32 Å². The summed E-state index contributed by atoms with van der Waals surface area (Å²) in [6.45, 7) is 0. The molecule has 0 amide bonds. The monoisotopic (exact) mass is 250 g/mol. The van der Waals surface area contributed by atoms with E-state index in [9.17, 15) is 0 Å². The summed E-state index contributed by atoms with van der Waals surface area (Å²) in [5, 5.41) is 15.4. The van der Waals surface area contributed by atoms with Crippen LogP contribution in [0.1, 0.15) is 11.7 Å². The summed E-state index contributed by atoms with van der Waals surface area (Å²) >= 11 is 0. The predicted molar refractivity (Wildman–Crippen MR) is 69.3 cm³/mol. The van der Waals surface area contributed by atoms with Crippen LogP contribution >= 0.6 is 0 Å². The SMILES string of the molecule is c1ccc2c(c1)N[C@H](c1ccncc1)n1nnnc1-2. The van der Waals surface area contributed by atoms with E-state index in [2.05, 4.69) is 25.8 Å². The molecule has 1 aliphatic rings. The summed E-state index contributed by atoms with van der Waals surface area (Å²) in [5.74, 6) is 0.774. The first-order chi connectivity index (χ1) is 9.43. The van der Waals surface area contributed by atoms with Gasteiger partial charge in [-0.2, -0.15) is 4.68 Å². The van der Waals surface area contributed by atoms with Gasteiger partial charge in [-0.15, -0.1) is 5.10 Å². The van der Waals surface area contributed by atoms with E-state index >= 15 is 0 Å². The Kier molecular flexibility index (Phi) is 2.08. The normalized spacial score (nSPS) is 16.3. The van der Waals surface area contributed by atoms with Gasteiger partial charge >= 0.3 is 0 Å². The molecular formula is C13H10N6. The molecule has 0 saturated heterocycles. The van der Waals surface area contributed by atoms with Gasteiger partial charge in [0.2, 0.25) is 0 Å². The summed E-state index contributed by atoms with van der Waals surface area (Å²) in [6, 6.07) is 11.9. The molecule has 0 radical (unpaired) electrons. The number of nitrogens with zero attached hydrogens (tertiary/aromatic N) is 5. The Morgan fingerprint density at radius 3 is 2.79 bits per heavy atom. The molecule has 1 atom stereocenters. The van der Waals surface area contributed by atoms with Crippen molar-refractivity contribution in [2.24, 2.45) is 0 Å². The van der Waals surface area contributed by atoms with Crippen molar-refractivity contribution >= 4 is 5.69 Å². The standard InChI is InChI=1S/C13H10N6/c1-2-4-11-10(3-1)13-16-17-18-19(13)12(15-11)9-5-7-14-8-6-9/h1-8,12,15H/t12-/m0/s1. The molecule has 0 bridgehead atoms. The lowest BCUT2D eigenvalue weighted by Crippen LogP contribution is -2.25. The second-order valence-corrected chi connectivity index (χ2v) is 4.32. The van der Waals surface area contributed by atoms with Gasteiger partial charge in [0.15, 0.2) is 12.0 Å². The maximum Gasteiger partial charge on any atom is 0.186 e. The number of nitrogens with one attached hydrogen (secondary N) is 1. The summed E-state index contributed by atoms with van der Waals surface area (Å²) in [7, 11) is 0. The molecule has 0 fully saturated rings. The first kappa shape index (κ1) is 10.2. The Labute approximate surface area is 109 Å². The largest absolute Gasteiger partial charge is 0.359 e. The molecule has 0 saturated carbocycles. The number of aromatic nitrogens is 5. The number of tetrazole rings is 1. The molecular weight excluding hydrogens is 240 g/mol. The van der Waals surface area contributed by atoms with E-state index in [1.165, 1.54) is 0 Å². The van der Waals surface area contributed by atoms with Gasteiger partial charge in [-0.1, -0.05) is 12.1 Å². The lowest BCUT2D eigenvalue weighted by atomic mass is 10.1. The Hall–Kier alpha value is -2.76. The quantitative estimate of drug-likeness (QED) is 0.712. The second-order valence-electron chi connectivity index (χ2n) is 4.32. The second kappa shape index (κ2) is 3.88. The Bertz CT molecular complexity index is 721. The van der Waals surface area contributed by atoms with Crippen molar-refractivity contribution in [2.75, 3.05) is 5.32 Å². The summed E-state index contributed by atoms with van der Waals surface area (Å²) in [4.78, 5) is 4.04. The molecule has 6 heteroatoms. The fourth-order valence-electron chi connectivity index (χ4n) is 2.33. The van der Waals surface area contributed by atoms with Crippen LogP contribution in [0.5, 0.6) is 0 Å². The van der Waals surface area contributed by atoms with Gasteiger partial charge in [-0.05, 0) is 40.3 Å². The van der Waals surface area contributed by atoms with Crippen molar-refractivity contribution in [3.8, 4) is 11.4 Å². The van der Waals surface area contributed by atoms with Crippen molar-refractivity contribution in [3.63, 3.8) is 0 Å². The van der Waals surface area contributed by atoms with Crippen LogP contribution in [-0.2, 0) is 0 Å². The third-order valence-corrected chi connectivity index (χ3v) is 3.22. The Morgan fingerprint density at radius 1 is 1.05 bits per heavy atom. The smallest absolute Gasteiger partial charge is 0.186 e. The van der Waals surface area contributed by atoms with E-state index in [1.807, 2.05) is 36.4 Å². The maximum absolute atomic E-state index is 4.12. The summed E-state index contributed by atoms with van der Waals surface area (Å²) in [5.41, 5.74) is 3.11. The number of hydrogen-bond acceptors (Lipinski definition) is 5. The van der Waals surface area contributed by atoms with Gasteiger partial charge in [0.1, 0.15) is 0 Å². The number of pyridine rings is 1. The molecule has 0 unspecified atom stereocenters. The van der Waals surface area contributed by atoms with E-state index in [-0.39, 0.29) is 6.17 Å². The molecule has 3 aromatic rings. The Morgan fingerprint density at radius 2 is 1.89 bits per heavy atom. The van der Waals surface area contributed by atoms with Crippen molar-refractivity contribution in [2.45, 2.75) is 6.17 Å². The number of fused-ring (bicyclic) bond motifs is 3. The minimum absolute atomic E-state index is 0.108. The molecule has 6 nitrogen and oxygen atoms in total. The van der Waals surface area contributed by atoms with Crippen LogP contribution in [0.3, 0.4) is 0 Å². The van der Waals surface area contributed by atoms with Crippen LogP contribution in [0.4, 0.5) is 5.69 Å². The molecule has 19 heavy (non-hydrogen) atoms. The highest BCUT2D eigenvalue weighted by molar-refractivity contribution is 5.75. The highest BCUT2D eigenvalue weighted by Crippen LogP contribution is 2.35. The van der Waals surface area contributed by atoms with Crippen LogP contribution in [0.25, 0.3) is 11.4 Å². The van der Waals surface area contributed by atoms with Gasteiger partial charge in [0.25, 0.3) is 0 Å². The minimum atomic E-state index is -0.108. The third kappa shape index (κ3) is 1.50. The van der Waals surface area contributed by atoms with Gasteiger partial charge in [0.05, 0.1) is 0 Å². The molecule has 2 aromatic heterocycles. The summed E-state index contributed by atoms with van der Waals surface area (Å²) in [6.07, 6.45) is 3.42. The average molecular weight is 250 g/mol. The zero-order valence-corrected chi connectivity index (χ0v) is 9.93. The van der Waals surface area contributed by atoms with E-state index in [1.54, 1.807) is 17.1 Å². The van der Waals surface area contributed by atoms with Gasteiger partial charge in [0, 0.05) is 23.6 Å².